The van der Waals surface area contributed by atoms with E-state index in [2.05, 4.69) is 229 Å². The summed E-state index contributed by atoms with van der Waals surface area (Å²) in [5.41, 5.74) is 21.3. The summed E-state index contributed by atoms with van der Waals surface area (Å²) in [6.07, 6.45) is 3.63. The van der Waals surface area contributed by atoms with Gasteiger partial charge in [0, 0.05) is 34.1 Å². The molecule has 96 heavy (non-hydrogen) atoms. The molecule has 0 saturated carbocycles. The van der Waals surface area contributed by atoms with Crippen LogP contribution in [0, 0.1) is 11.6 Å². The van der Waals surface area contributed by atoms with Gasteiger partial charge in [0.25, 0.3) is 0 Å². The lowest BCUT2D eigenvalue weighted by Crippen LogP contribution is -2.28. The van der Waals surface area contributed by atoms with Crippen molar-refractivity contribution in [2.45, 2.75) is 10.8 Å². The fourth-order valence-corrected chi connectivity index (χ4v) is 14.6. The van der Waals surface area contributed by atoms with E-state index in [9.17, 15) is 0 Å². The second-order valence-electron chi connectivity index (χ2n) is 24.3. The number of ether oxygens (including phenoxy) is 2. The number of benzene rings is 14. The first kappa shape index (κ1) is 58.7. The topological polar surface area (TPSA) is 24.9 Å². The number of anilines is 6. The Hall–Kier alpha value is -12.4. The Kier molecular flexibility index (Phi) is 15.0. The predicted molar refractivity (Wildman–Crippen MR) is 389 cm³/mol. The van der Waals surface area contributed by atoms with Crippen molar-refractivity contribution in [2.75, 3.05) is 9.80 Å². The van der Waals surface area contributed by atoms with Gasteiger partial charge in [-0.25, -0.2) is 8.78 Å². The second-order valence-corrected chi connectivity index (χ2v) is 24.3. The Morgan fingerprint density at radius 3 is 0.885 bits per heavy atom. The molecule has 6 heteroatoms. The molecule has 2 atom stereocenters. The molecule has 458 valence electrons. The van der Waals surface area contributed by atoms with E-state index >= 15 is 8.78 Å². The normalized spacial score (nSPS) is 14.7. The van der Waals surface area contributed by atoms with Crippen LogP contribution in [0.25, 0.3) is 45.5 Å². The largest absolute Gasteiger partial charge is 0.457 e. The van der Waals surface area contributed by atoms with E-state index in [0.29, 0.717) is 11.5 Å². The van der Waals surface area contributed by atoms with Crippen molar-refractivity contribution in [1.82, 2.24) is 0 Å². The highest BCUT2D eigenvalue weighted by Crippen LogP contribution is 2.60. The van der Waals surface area contributed by atoms with Gasteiger partial charge < -0.3 is 19.3 Å². The molecule has 0 amide bonds. The van der Waals surface area contributed by atoms with Crippen molar-refractivity contribution >= 4 is 46.3 Å². The van der Waals surface area contributed by atoms with Gasteiger partial charge in [-0.2, -0.15) is 0 Å². The molecule has 14 aromatic carbocycles. The van der Waals surface area contributed by atoms with E-state index in [0.717, 1.165) is 135 Å². The number of halogens is 2. The minimum absolute atomic E-state index is 0.295. The average Bonchev–Trinajstić information content (AvgIpc) is 1.53. The Balaban J connectivity index is 0.755. The van der Waals surface area contributed by atoms with Gasteiger partial charge in [0.2, 0.25) is 0 Å². The second kappa shape index (κ2) is 24.6. The summed E-state index contributed by atoms with van der Waals surface area (Å²) in [5, 5.41) is 0. The zero-order valence-electron chi connectivity index (χ0n) is 52.4. The van der Waals surface area contributed by atoms with Crippen LogP contribution < -0.4 is 19.3 Å². The van der Waals surface area contributed by atoms with Gasteiger partial charge in [-0.05, 0) is 235 Å². The standard InChI is InChI=1S/C90H62F2N2O2/c1-3-61-23-49-77(50-24-61)95-79-53-35-67(36-54-79)89(65-31-39-69(91)40-32-65)85-21-13-11-19-81(85)83-57-47-75(59-87(83)89)93(71-15-7-5-8-16-71)73-43-27-63(28-44-73)64-29-45-74(46-30-64)94(72-17-9-6-10-18-72)76-48-58-84-82-20-12-14-22-86(82)90(88(84)60-76,66-33-41-70(92)42-34-66)68-37-55-80(56-38-68)96-78-51-25-62(4-2)26-52-78/h3-60H,1-2H2/t89-,90?/m0/s1. The molecule has 1 unspecified atom stereocenters. The third-order valence-electron chi connectivity index (χ3n) is 19.0. The van der Waals surface area contributed by atoms with Crippen LogP contribution in [-0.2, 0) is 10.8 Å². The summed E-state index contributed by atoms with van der Waals surface area (Å²) in [4.78, 5) is 4.62. The molecule has 14 aromatic rings. The van der Waals surface area contributed by atoms with Gasteiger partial charge >= 0.3 is 0 Å². The lowest BCUT2D eigenvalue weighted by molar-refractivity contribution is 0.482. The number of para-hydroxylation sites is 2. The average molecular weight is 1240 g/mol. The third-order valence-corrected chi connectivity index (χ3v) is 19.0. The molecular formula is C90H62F2N2O2. The lowest BCUT2D eigenvalue weighted by atomic mass is 9.67. The maximum absolute atomic E-state index is 15.1. The highest BCUT2D eigenvalue weighted by Gasteiger charge is 2.48. The molecule has 2 aliphatic carbocycles. The van der Waals surface area contributed by atoms with Crippen LogP contribution in [0.3, 0.4) is 0 Å². The molecular weight excluding hydrogens is 1180 g/mol. The summed E-state index contributed by atoms with van der Waals surface area (Å²) in [6, 6.07) is 116. The molecule has 2 aliphatic rings. The molecule has 0 aromatic heterocycles. The quantitative estimate of drug-likeness (QED) is 0.0907. The molecule has 0 N–H and O–H groups in total. The number of hydrogen-bond acceptors (Lipinski definition) is 4. The van der Waals surface area contributed by atoms with E-state index in [1.54, 1.807) is 24.3 Å². The van der Waals surface area contributed by atoms with Crippen LogP contribution in [0.2, 0.25) is 0 Å². The third kappa shape index (κ3) is 10.2. The van der Waals surface area contributed by atoms with Gasteiger partial charge in [-0.15, -0.1) is 0 Å². The van der Waals surface area contributed by atoms with Crippen molar-refractivity contribution < 1.29 is 18.3 Å². The fraction of sp³-hybridized carbons (Fsp3) is 0.0222. The van der Waals surface area contributed by atoms with Gasteiger partial charge in [0.1, 0.15) is 34.6 Å². The van der Waals surface area contributed by atoms with Gasteiger partial charge in [0.05, 0.1) is 10.8 Å². The number of fused-ring (bicyclic) bond motifs is 6. The molecule has 0 heterocycles. The summed E-state index contributed by atoms with van der Waals surface area (Å²) in [6.45, 7) is 7.80. The van der Waals surface area contributed by atoms with Crippen LogP contribution in [-0.4, -0.2) is 0 Å². The van der Waals surface area contributed by atoms with Crippen LogP contribution in [0.15, 0.2) is 353 Å². The zero-order valence-corrected chi connectivity index (χ0v) is 52.4. The minimum atomic E-state index is -0.821. The van der Waals surface area contributed by atoms with Gasteiger partial charge in [-0.1, -0.05) is 219 Å². The first-order chi connectivity index (χ1) is 47.3. The van der Waals surface area contributed by atoms with E-state index in [1.807, 2.05) is 121 Å². The lowest BCUT2D eigenvalue weighted by Gasteiger charge is -2.35. The monoisotopic (exact) mass is 1240 g/mol. The Morgan fingerprint density at radius 1 is 0.260 bits per heavy atom. The first-order valence-electron chi connectivity index (χ1n) is 32.2. The molecule has 0 radical (unpaired) electrons. The number of hydrogen-bond donors (Lipinski definition) is 0. The van der Waals surface area contributed by atoms with Crippen molar-refractivity contribution in [3.05, 3.63) is 420 Å². The molecule has 0 fully saturated rings. The van der Waals surface area contributed by atoms with E-state index in [-0.39, 0.29) is 11.6 Å². The molecule has 4 nitrogen and oxygen atoms in total. The fourth-order valence-electron chi connectivity index (χ4n) is 14.6. The molecule has 0 bridgehead atoms. The first-order valence-corrected chi connectivity index (χ1v) is 32.2. The van der Waals surface area contributed by atoms with Crippen LogP contribution in [0.4, 0.5) is 42.9 Å². The van der Waals surface area contributed by atoms with Gasteiger partial charge in [-0.3, -0.25) is 0 Å². The Labute approximate surface area is 558 Å². The van der Waals surface area contributed by atoms with Crippen molar-refractivity contribution in [3.8, 4) is 56.4 Å². The molecule has 0 saturated heterocycles. The Bertz CT molecular complexity index is 4850. The highest BCUT2D eigenvalue weighted by atomic mass is 19.1. The Morgan fingerprint density at radius 2 is 0.542 bits per heavy atom. The smallest absolute Gasteiger partial charge is 0.127 e. The van der Waals surface area contributed by atoms with E-state index in [1.165, 1.54) is 0 Å². The van der Waals surface area contributed by atoms with Crippen molar-refractivity contribution in [3.63, 3.8) is 0 Å². The van der Waals surface area contributed by atoms with E-state index in [4.69, 9.17) is 9.47 Å². The SMILES string of the molecule is C=Cc1ccc(Oc2ccc(C3(c4ccc(F)cc4)c4ccccc4-c4ccc(N(c5ccccc5)c5ccc(-c6ccc(N(c7ccccc7)c7ccc8c(c7)[C@@](c7ccc(F)cc7)(c7ccc(Oc9ccc(C=C)cc9)cc7)c7ccccc7-8)cc6)cc5)cc43)cc2)cc1. The summed E-state index contributed by atoms with van der Waals surface area (Å²) < 4.78 is 42.9. The van der Waals surface area contributed by atoms with Crippen molar-refractivity contribution in [2.24, 2.45) is 0 Å². The van der Waals surface area contributed by atoms with Crippen LogP contribution in [0.1, 0.15) is 55.6 Å². The zero-order chi connectivity index (χ0) is 64.7. The number of nitrogens with zero attached hydrogens (tertiary/aromatic N) is 2. The maximum atomic E-state index is 15.1. The molecule has 0 aliphatic heterocycles. The van der Waals surface area contributed by atoms with Crippen LogP contribution in [0.5, 0.6) is 23.0 Å². The molecule has 0 spiro atoms. The summed E-state index contributed by atoms with van der Waals surface area (Å²) in [5.74, 6) is 2.27. The molecule has 16 rings (SSSR count). The maximum Gasteiger partial charge on any atom is 0.127 e. The number of rotatable bonds is 17. The van der Waals surface area contributed by atoms with Gasteiger partial charge in [0.15, 0.2) is 0 Å². The highest BCUT2D eigenvalue weighted by molar-refractivity contribution is 5.92. The summed E-state index contributed by atoms with van der Waals surface area (Å²) >= 11 is 0. The van der Waals surface area contributed by atoms with E-state index < -0.39 is 10.8 Å². The van der Waals surface area contributed by atoms with Crippen LogP contribution >= 0.6 is 0 Å². The summed E-state index contributed by atoms with van der Waals surface area (Å²) in [7, 11) is 0. The minimum Gasteiger partial charge on any atom is -0.457 e. The predicted octanol–water partition coefficient (Wildman–Crippen LogP) is 24.2. The van der Waals surface area contributed by atoms with Crippen molar-refractivity contribution in [1.29, 1.82) is 0 Å².